The highest BCUT2D eigenvalue weighted by Gasteiger charge is 2.44. The second kappa shape index (κ2) is 12.9. The van der Waals surface area contributed by atoms with Crippen LogP contribution in [-0.2, 0) is 34.5 Å². The number of carbonyl (C=O) groups excluding carboxylic acids is 2. The summed E-state index contributed by atoms with van der Waals surface area (Å²) in [6.45, 7) is 12.3. The van der Waals surface area contributed by atoms with Gasteiger partial charge in [-0.15, -0.1) is 0 Å². The molecular formula is C21H34NO6P. The fourth-order valence-electron chi connectivity index (χ4n) is 2.43. The van der Waals surface area contributed by atoms with Crippen LogP contribution in [0.15, 0.2) is 30.3 Å². The van der Waals surface area contributed by atoms with E-state index in [0.717, 1.165) is 5.56 Å². The standard InChI is InChI=1S/C19H28NO6P.C2H6/c1-14(2)25-16(21)10-11-20-18(22)17-19(3,4)13-24-27(26-17)23-12-15-8-6-5-7-9-15;1-2/h5-9,14,17H,10-13H2,1-4H3,(H,20,22);1-2H3. The summed E-state index contributed by atoms with van der Waals surface area (Å²) in [5.74, 6) is -0.623. The average molecular weight is 427 g/mol. The number of carbonyl (C=O) groups is 2. The van der Waals surface area contributed by atoms with Gasteiger partial charge in [0.25, 0.3) is 0 Å². The minimum atomic E-state index is -1.62. The first kappa shape index (κ1) is 25.5. The predicted octanol–water partition coefficient (Wildman–Crippen LogP) is 4.36. The molecule has 0 aliphatic carbocycles. The first-order valence-electron chi connectivity index (χ1n) is 10.0. The molecule has 1 aromatic carbocycles. The van der Waals surface area contributed by atoms with Crippen LogP contribution in [0.25, 0.3) is 0 Å². The van der Waals surface area contributed by atoms with Gasteiger partial charge in [-0.1, -0.05) is 58.0 Å². The fourth-order valence-corrected chi connectivity index (χ4v) is 3.87. The van der Waals surface area contributed by atoms with Crippen molar-refractivity contribution in [2.24, 2.45) is 5.41 Å². The Hall–Kier alpha value is -1.53. The Morgan fingerprint density at radius 3 is 2.52 bits per heavy atom. The van der Waals surface area contributed by atoms with Crippen molar-refractivity contribution in [2.75, 3.05) is 13.2 Å². The van der Waals surface area contributed by atoms with Crippen molar-refractivity contribution in [2.45, 2.75) is 66.8 Å². The summed E-state index contributed by atoms with van der Waals surface area (Å²) >= 11 is 0. The topological polar surface area (TPSA) is 83.1 Å². The van der Waals surface area contributed by atoms with Crippen molar-refractivity contribution in [1.82, 2.24) is 5.32 Å². The monoisotopic (exact) mass is 427 g/mol. The van der Waals surface area contributed by atoms with E-state index in [1.54, 1.807) is 13.8 Å². The SMILES string of the molecule is CC.CC(C)OC(=O)CCNC(=O)C1OP(OCc2ccccc2)OCC1(C)C. The molecule has 0 saturated carbocycles. The van der Waals surface area contributed by atoms with Crippen LogP contribution in [0.3, 0.4) is 0 Å². The molecule has 2 atom stereocenters. The van der Waals surface area contributed by atoms with Gasteiger partial charge in [-0.05, 0) is 19.4 Å². The van der Waals surface area contributed by atoms with Gasteiger partial charge in [0.1, 0.15) is 0 Å². The van der Waals surface area contributed by atoms with Crippen LogP contribution < -0.4 is 5.32 Å². The second-order valence-electron chi connectivity index (χ2n) is 7.31. The maximum Gasteiger partial charge on any atom is 0.333 e. The summed E-state index contributed by atoms with van der Waals surface area (Å²) in [4.78, 5) is 24.1. The van der Waals surface area contributed by atoms with Crippen molar-refractivity contribution >= 4 is 20.5 Å². The lowest BCUT2D eigenvalue weighted by atomic mass is 9.87. The van der Waals surface area contributed by atoms with E-state index in [4.69, 9.17) is 18.3 Å². The molecule has 1 heterocycles. The number of hydrogen-bond acceptors (Lipinski definition) is 6. The molecule has 2 unspecified atom stereocenters. The normalized spacial score (nSPS) is 20.4. The Bertz CT molecular complexity index is 623. The lowest BCUT2D eigenvalue weighted by Gasteiger charge is -2.39. The first-order chi connectivity index (χ1) is 13.8. The van der Waals surface area contributed by atoms with E-state index in [0.29, 0.717) is 13.2 Å². The molecule has 1 fully saturated rings. The summed E-state index contributed by atoms with van der Waals surface area (Å²) < 4.78 is 22.2. The van der Waals surface area contributed by atoms with Gasteiger partial charge in [0.2, 0.25) is 5.91 Å². The third-order valence-corrected chi connectivity index (χ3v) is 4.92. The highest BCUT2D eigenvalue weighted by molar-refractivity contribution is 7.41. The number of esters is 1. The van der Waals surface area contributed by atoms with E-state index in [2.05, 4.69) is 5.32 Å². The van der Waals surface area contributed by atoms with Gasteiger partial charge in [0.05, 0.1) is 25.7 Å². The molecule has 1 saturated heterocycles. The first-order valence-corrected chi connectivity index (χ1v) is 11.1. The van der Waals surface area contributed by atoms with Crippen molar-refractivity contribution in [3.8, 4) is 0 Å². The van der Waals surface area contributed by atoms with Crippen molar-refractivity contribution in [1.29, 1.82) is 0 Å². The third kappa shape index (κ3) is 9.22. The molecular weight excluding hydrogens is 393 g/mol. The van der Waals surface area contributed by atoms with Gasteiger partial charge >= 0.3 is 14.6 Å². The molecule has 164 valence electrons. The zero-order valence-corrected chi connectivity index (χ0v) is 19.2. The molecule has 8 heteroatoms. The van der Waals surface area contributed by atoms with E-state index >= 15 is 0 Å². The second-order valence-corrected chi connectivity index (χ2v) is 8.48. The molecule has 1 N–H and O–H groups in total. The molecule has 7 nitrogen and oxygen atoms in total. The zero-order chi connectivity index (χ0) is 21.9. The smallest absolute Gasteiger partial charge is 0.333 e. The maximum atomic E-state index is 12.5. The zero-order valence-electron chi connectivity index (χ0n) is 18.3. The van der Waals surface area contributed by atoms with Crippen molar-refractivity contribution < 1.29 is 27.9 Å². The van der Waals surface area contributed by atoms with Crippen LogP contribution in [-0.4, -0.2) is 37.2 Å². The molecule has 2 rings (SSSR count). The lowest BCUT2D eigenvalue weighted by molar-refractivity contribution is -0.147. The Morgan fingerprint density at radius 2 is 1.90 bits per heavy atom. The molecule has 1 aliphatic rings. The van der Waals surface area contributed by atoms with Crippen molar-refractivity contribution in [3.63, 3.8) is 0 Å². The Balaban J connectivity index is 0.00000204. The largest absolute Gasteiger partial charge is 0.463 e. The van der Waals surface area contributed by atoms with Crippen LogP contribution >= 0.6 is 8.60 Å². The summed E-state index contributed by atoms with van der Waals surface area (Å²) in [5.41, 5.74) is 0.499. The van der Waals surface area contributed by atoms with E-state index in [-0.39, 0.29) is 30.9 Å². The minimum absolute atomic E-state index is 0.118. The highest BCUT2D eigenvalue weighted by Crippen LogP contribution is 2.50. The number of nitrogens with one attached hydrogen (secondary N) is 1. The summed E-state index contributed by atoms with van der Waals surface area (Å²) in [5, 5.41) is 2.74. The van der Waals surface area contributed by atoms with Gasteiger partial charge in [0.15, 0.2) is 6.10 Å². The van der Waals surface area contributed by atoms with E-state index in [1.807, 2.05) is 58.0 Å². The van der Waals surface area contributed by atoms with E-state index < -0.39 is 20.1 Å². The van der Waals surface area contributed by atoms with Gasteiger partial charge in [-0.3, -0.25) is 14.1 Å². The number of hydrogen-bond donors (Lipinski definition) is 1. The van der Waals surface area contributed by atoms with Crippen LogP contribution in [0.4, 0.5) is 0 Å². The highest BCUT2D eigenvalue weighted by atomic mass is 31.2. The van der Waals surface area contributed by atoms with Gasteiger partial charge in [0, 0.05) is 12.0 Å². The number of amides is 1. The quantitative estimate of drug-likeness (QED) is 0.490. The Kier molecular flexibility index (Phi) is 11.4. The summed E-state index contributed by atoms with van der Waals surface area (Å²) in [7, 11) is -1.62. The van der Waals surface area contributed by atoms with E-state index in [1.165, 1.54) is 0 Å². The lowest BCUT2D eigenvalue weighted by Crippen LogP contribution is -2.49. The van der Waals surface area contributed by atoms with Gasteiger partial charge < -0.3 is 19.1 Å². The number of ether oxygens (including phenoxy) is 1. The minimum Gasteiger partial charge on any atom is -0.463 e. The fraction of sp³-hybridized carbons (Fsp3) is 0.619. The molecule has 0 aromatic heterocycles. The molecule has 0 bridgehead atoms. The predicted molar refractivity (Wildman–Crippen MR) is 113 cm³/mol. The molecule has 1 amide bonds. The summed E-state index contributed by atoms with van der Waals surface area (Å²) in [6.07, 6.45) is -0.766. The average Bonchev–Trinajstić information content (AvgIpc) is 2.68. The third-order valence-electron chi connectivity index (χ3n) is 3.86. The van der Waals surface area contributed by atoms with E-state index in [9.17, 15) is 9.59 Å². The van der Waals surface area contributed by atoms with Crippen LogP contribution in [0, 0.1) is 5.41 Å². The number of rotatable bonds is 8. The molecule has 29 heavy (non-hydrogen) atoms. The molecule has 1 aromatic rings. The van der Waals surface area contributed by atoms with Gasteiger partial charge in [-0.2, -0.15) is 0 Å². The molecule has 1 aliphatic heterocycles. The van der Waals surface area contributed by atoms with Gasteiger partial charge in [-0.25, -0.2) is 0 Å². The maximum absolute atomic E-state index is 12.5. The van der Waals surface area contributed by atoms with Crippen LogP contribution in [0.5, 0.6) is 0 Å². The Morgan fingerprint density at radius 1 is 1.24 bits per heavy atom. The molecule has 0 spiro atoms. The van der Waals surface area contributed by atoms with Crippen molar-refractivity contribution in [3.05, 3.63) is 35.9 Å². The van der Waals surface area contributed by atoms with Crippen LogP contribution in [0.2, 0.25) is 0 Å². The summed E-state index contributed by atoms with van der Waals surface area (Å²) in [6, 6.07) is 9.69. The van der Waals surface area contributed by atoms with Crippen LogP contribution in [0.1, 0.15) is 53.5 Å². The molecule has 0 radical (unpaired) electrons. The Labute approximate surface area is 175 Å². The number of benzene rings is 1.